The van der Waals surface area contributed by atoms with E-state index in [1.54, 1.807) is 24.3 Å². The van der Waals surface area contributed by atoms with Crippen molar-refractivity contribution < 1.29 is 32.3 Å². The summed E-state index contributed by atoms with van der Waals surface area (Å²) in [4.78, 5) is 16.9. The molecule has 1 N–H and O–H groups in total. The lowest BCUT2D eigenvalue weighted by molar-refractivity contribution is -0.114. The summed E-state index contributed by atoms with van der Waals surface area (Å²) >= 11 is 14.8. The summed E-state index contributed by atoms with van der Waals surface area (Å²) in [5.74, 6) is -0.147. The fourth-order valence-corrected chi connectivity index (χ4v) is 3.24. The summed E-state index contributed by atoms with van der Waals surface area (Å²) < 4.78 is 47.6. The Balaban J connectivity index is 2.18. The maximum Gasteiger partial charge on any atom is 0.422 e. The average molecular weight is 570 g/mol. The van der Waals surface area contributed by atoms with Gasteiger partial charge in [-0.2, -0.15) is 13.2 Å². The van der Waals surface area contributed by atoms with Crippen LogP contribution in [0.5, 0.6) is 11.5 Å². The van der Waals surface area contributed by atoms with Crippen molar-refractivity contribution in [1.82, 2.24) is 5.32 Å². The molecule has 2 rings (SSSR count). The van der Waals surface area contributed by atoms with Gasteiger partial charge in [-0.1, -0.05) is 52.6 Å². The van der Waals surface area contributed by atoms with Crippen molar-refractivity contribution in [1.29, 1.82) is 0 Å². The molecule has 0 bridgehead atoms. The molecule has 0 aliphatic heterocycles. The number of rotatable bonds is 9. The highest BCUT2D eigenvalue weighted by Gasteiger charge is 2.31. The molecule has 0 radical (unpaired) electrons. The van der Waals surface area contributed by atoms with Crippen molar-refractivity contribution in [2.45, 2.75) is 12.8 Å². The van der Waals surface area contributed by atoms with Crippen molar-refractivity contribution in [3.8, 4) is 11.5 Å². The Kier molecular flexibility index (Phi) is 9.87. The molecule has 0 spiro atoms. The Labute approximate surface area is 206 Å². The summed E-state index contributed by atoms with van der Waals surface area (Å²) in [6.45, 7) is -0.377. The minimum atomic E-state index is -4.52. The van der Waals surface area contributed by atoms with Gasteiger partial charge in [0.15, 0.2) is 11.5 Å². The Morgan fingerprint density at radius 1 is 1.18 bits per heavy atom. The monoisotopic (exact) mass is 568 g/mol. The van der Waals surface area contributed by atoms with E-state index in [9.17, 15) is 18.0 Å². The van der Waals surface area contributed by atoms with Gasteiger partial charge >= 0.3 is 6.18 Å². The molecule has 0 atom stereocenters. The molecule has 12 heteroatoms. The Hall–Kier alpha value is -2.43. The first-order valence-electron chi connectivity index (χ1n) is 9.17. The van der Waals surface area contributed by atoms with Crippen LogP contribution >= 0.6 is 39.1 Å². The number of hydrogen-bond donors (Lipinski definition) is 1. The predicted octanol–water partition coefficient (Wildman–Crippen LogP) is 5.89. The highest BCUT2D eigenvalue weighted by Crippen LogP contribution is 2.37. The van der Waals surface area contributed by atoms with E-state index >= 15 is 0 Å². The highest BCUT2D eigenvalue weighted by molar-refractivity contribution is 9.11. The lowest BCUT2D eigenvalue weighted by Crippen LogP contribution is -2.29. The fraction of sp³-hybridized carbons (Fsp3) is 0.238. The van der Waals surface area contributed by atoms with Crippen molar-refractivity contribution in [2.24, 2.45) is 5.16 Å². The number of halogens is 6. The Morgan fingerprint density at radius 3 is 2.39 bits per heavy atom. The maximum atomic E-state index is 12.5. The smallest absolute Gasteiger partial charge is 0.422 e. The maximum absolute atomic E-state index is 12.5. The second-order valence-electron chi connectivity index (χ2n) is 6.22. The van der Waals surface area contributed by atoms with Crippen LogP contribution in [0.1, 0.15) is 11.1 Å². The average Bonchev–Trinajstić information content (AvgIpc) is 2.76. The molecule has 0 aromatic heterocycles. The summed E-state index contributed by atoms with van der Waals surface area (Å²) in [6.07, 6.45) is -3.71. The number of benzene rings is 2. The quantitative estimate of drug-likeness (QED) is 0.302. The lowest BCUT2D eigenvalue weighted by Gasteiger charge is -2.14. The molecular weight excluding hydrogens is 552 g/mol. The van der Waals surface area contributed by atoms with Gasteiger partial charge in [-0.25, -0.2) is 0 Å². The number of oxime groups is 1. The molecule has 0 saturated carbocycles. The van der Waals surface area contributed by atoms with Gasteiger partial charge in [-0.05, 0) is 27.6 Å². The minimum absolute atomic E-state index is 0.0129. The molecule has 2 aromatic rings. The number of likely N-dealkylation sites (N-methyl/N-ethyl adjacent to an activating group) is 1. The number of nitrogens with one attached hydrogen (secondary N) is 1. The van der Waals surface area contributed by atoms with Gasteiger partial charge in [-0.3, -0.25) is 4.79 Å². The van der Waals surface area contributed by atoms with Crippen molar-refractivity contribution in [3.05, 3.63) is 68.1 Å². The standard InChI is InChI=1S/C21H18BrCl2F3N2O4/c1-28-20(30)18(29-31-2)14-6-4-3-5-12(14)11-33-13-9-15(23)19(16(24)10-13)32-8-7-17(22)21(25,26)27/h3-7,9-10H,8,11H2,1-2H3,(H,28,30)/b17-7-,29-18-. The summed E-state index contributed by atoms with van der Waals surface area (Å²) in [5.41, 5.74) is 1.20. The number of ether oxygens (including phenoxy) is 2. The van der Waals surface area contributed by atoms with E-state index in [0.717, 1.165) is 6.08 Å². The van der Waals surface area contributed by atoms with Crippen LogP contribution in [0.25, 0.3) is 0 Å². The number of carbonyl (C=O) groups excluding carboxylic acids is 1. The molecule has 1 amide bonds. The summed E-state index contributed by atoms with van der Waals surface area (Å²) in [6, 6.07) is 9.76. The van der Waals surface area contributed by atoms with Crippen molar-refractivity contribution in [2.75, 3.05) is 20.8 Å². The van der Waals surface area contributed by atoms with Crippen molar-refractivity contribution >= 4 is 50.8 Å². The number of hydrogen-bond acceptors (Lipinski definition) is 5. The number of amides is 1. The van der Waals surface area contributed by atoms with E-state index in [-0.39, 0.29) is 33.9 Å². The van der Waals surface area contributed by atoms with Gasteiger partial charge in [0.05, 0.1) is 14.5 Å². The molecule has 0 aliphatic carbocycles. The molecule has 0 heterocycles. The molecule has 178 valence electrons. The van der Waals surface area contributed by atoms with Gasteiger partial charge in [-0.15, -0.1) is 0 Å². The van der Waals surface area contributed by atoms with E-state index in [4.69, 9.17) is 37.5 Å². The first-order valence-corrected chi connectivity index (χ1v) is 10.7. The zero-order chi connectivity index (χ0) is 24.6. The molecule has 0 aliphatic rings. The molecule has 33 heavy (non-hydrogen) atoms. The van der Waals surface area contributed by atoms with Crippen LogP contribution in [0.3, 0.4) is 0 Å². The lowest BCUT2D eigenvalue weighted by atomic mass is 10.0. The third-order valence-corrected chi connectivity index (χ3v) is 5.36. The predicted molar refractivity (Wildman–Crippen MR) is 123 cm³/mol. The van der Waals surface area contributed by atoms with Crippen LogP contribution in [-0.4, -0.2) is 38.6 Å². The third-order valence-electron chi connectivity index (χ3n) is 4.02. The van der Waals surface area contributed by atoms with Crippen LogP contribution in [0.2, 0.25) is 10.0 Å². The van der Waals surface area contributed by atoms with Gasteiger partial charge in [0.25, 0.3) is 5.91 Å². The van der Waals surface area contributed by atoms with Gasteiger partial charge in [0, 0.05) is 24.7 Å². The van der Waals surface area contributed by atoms with Crippen LogP contribution in [0, 0.1) is 0 Å². The number of allylic oxidation sites excluding steroid dienone is 1. The third kappa shape index (κ3) is 7.55. The zero-order valence-corrected chi connectivity index (χ0v) is 20.4. The fourth-order valence-electron chi connectivity index (χ4n) is 2.53. The van der Waals surface area contributed by atoms with E-state index in [1.165, 1.54) is 26.3 Å². The minimum Gasteiger partial charge on any atom is -0.489 e. The largest absolute Gasteiger partial charge is 0.489 e. The van der Waals surface area contributed by atoms with Crippen molar-refractivity contribution in [3.63, 3.8) is 0 Å². The Bertz CT molecular complexity index is 1040. The number of alkyl halides is 3. The number of nitrogens with zero attached hydrogens (tertiary/aromatic N) is 1. The van der Waals surface area contributed by atoms with E-state index in [1.807, 2.05) is 0 Å². The van der Waals surface area contributed by atoms with E-state index in [0.29, 0.717) is 11.1 Å². The van der Waals surface area contributed by atoms with Gasteiger partial charge < -0.3 is 19.6 Å². The Morgan fingerprint density at radius 2 is 1.82 bits per heavy atom. The molecule has 0 unspecified atom stereocenters. The molecular formula is C21H18BrCl2F3N2O4. The SMILES string of the molecule is CNC(=O)/C(=N\OC)c1ccccc1COc1cc(Cl)c(OC/C=C(\Br)C(F)(F)F)c(Cl)c1. The second-order valence-corrected chi connectivity index (χ2v) is 7.89. The van der Waals surface area contributed by atoms with E-state index < -0.39 is 23.2 Å². The first kappa shape index (κ1) is 26.8. The van der Waals surface area contributed by atoms with Crippen LogP contribution in [-0.2, 0) is 16.2 Å². The van der Waals surface area contributed by atoms with Crippen LogP contribution < -0.4 is 14.8 Å². The summed E-state index contributed by atoms with van der Waals surface area (Å²) in [7, 11) is 2.80. The second kappa shape index (κ2) is 12.2. The molecule has 0 fully saturated rings. The molecule has 2 aromatic carbocycles. The van der Waals surface area contributed by atoms with Crippen LogP contribution in [0.4, 0.5) is 13.2 Å². The highest BCUT2D eigenvalue weighted by atomic mass is 79.9. The van der Waals surface area contributed by atoms with Gasteiger partial charge in [0.2, 0.25) is 0 Å². The number of carbonyl (C=O) groups is 1. The van der Waals surface area contributed by atoms with Crippen LogP contribution in [0.15, 0.2) is 52.1 Å². The summed E-state index contributed by atoms with van der Waals surface area (Å²) in [5, 5.41) is 6.38. The topological polar surface area (TPSA) is 69.2 Å². The zero-order valence-electron chi connectivity index (χ0n) is 17.3. The first-order chi connectivity index (χ1) is 15.6. The van der Waals surface area contributed by atoms with Gasteiger partial charge in [0.1, 0.15) is 26.1 Å². The molecule has 0 saturated heterocycles. The normalized spacial score (nSPS) is 12.4. The van der Waals surface area contributed by atoms with E-state index in [2.05, 4.69) is 26.4 Å². The molecule has 6 nitrogen and oxygen atoms in total.